The molecule has 1 unspecified atom stereocenters. The molecule has 4 aromatic rings. The van der Waals surface area contributed by atoms with Gasteiger partial charge in [0.15, 0.2) is 0 Å². The lowest BCUT2D eigenvalue weighted by atomic mass is 10.0. The highest BCUT2D eigenvalue weighted by atomic mass is 19.1. The van der Waals surface area contributed by atoms with Gasteiger partial charge in [-0.25, -0.2) is 9.07 Å². The summed E-state index contributed by atoms with van der Waals surface area (Å²) in [4.78, 5) is 15.9. The van der Waals surface area contributed by atoms with Crippen molar-refractivity contribution in [1.82, 2.24) is 14.7 Å². The molecule has 186 valence electrons. The van der Waals surface area contributed by atoms with Crippen LogP contribution in [-0.2, 0) is 6.42 Å². The van der Waals surface area contributed by atoms with Gasteiger partial charge in [0.1, 0.15) is 11.6 Å². The van der Waals surface area contributed by atoms with Gasteiger partial charge in [-0.1, -0.05) is 48.5 Å². The average Bonchev–Trinajstić information content (AvgIpc) is 3.16. The van der Waals surface area contributed by atoms with Crippen molar-refractivity contribution in [1.29, 1.82) is 0 Å². The molecule has 36 heavy (non-hydrogen) atoms. The fourth-order valence-electron chi connectivity index (χ4n) is 5.05. The van der Waals surface area contributed by atoms with Crippen LogP contribution in [0.1, 0.15) is 43.0 Å². The van der Waals surface area contributed by atoms with Crippen LogP contribution in [0.15, 0.2) is 83.7 Å². The lowest BCUT2D eigenvalue weighted by Crippen LogP contribution is -2.30. The van der Waals surface area contributed by atoms with Crippen molar-refractivity contribution in [3.63, 3.8) is 0 Å². The van der Waals surface area contributed by atoms with Crippen LogP contribution < -0.4 is 10.3 Å². The quantitative estimate of drug-likeness (QED) is 0.304. The zero-order valence-corrected chi connectivity index (χ0v) is 20.5. The first-order valence-electron chi connectivity index (χ1n) is 12.8. The summed E-state index contributed by atoms with van der Waals surface area (Å²) in [6.45, 7) is 3.63. The number of nitrogens with zero attached hydrogens (tertiary/aromatic N) is 3. The summed E-state index contributed by atoms with van der Waals surface area (Å²) in [5.41, 5.74) is 1.81. The third-order valence-corrected chi connectivity index (χ3v) is 6.96. The van der Waals surface area contributed by atoms with Crippen molar-refractivity contribution >= 4 is 10.8 Å². The van der Waals surface area contributed by atoms with E-state index in [4.69, 9.17) is 9.84 Å². The molecule has 1 saturated heterocycles. The highest BCUT2D eigenvalue weighted by Gasteiger charge is 2.22. The summed E-state index contributed by atoms with van der Waals surface area (Å²) < 4.78 is 21.0. The molecule has 6 heteroatoms. The van der Waals surface area contributed by atoms with Crippen LogP contribution in [-0.4, -0.2) is 40.9 Å². The van der Waals surface area contributed by atoms with E-state index in [0.29, 0.717) is 18.4 Å². The predicted molar refractivity (Wildman–Crippen MR) is 141 cm³/mol. The smallest absolute Gasteiger partial charge is 0.274 e. The first kappa shape index (κ1) is 24.2. The van der Waals surface area contributed by atoms with Gasteiger partial charge in [-0.05, 0) is 68.1 Å². The maximum Gasteiger partial charge on any atom is 0.274 e. The highest BCUT2D eigenvalue weighted by molar-refractivity contribution is 5.83. The predicted octanol–water partition coefficient (Wildman–Crippen LogP) is 5.62. The Labute approximate surface area is 211 Å². The molecule has 0 bridgehead atoms. The maximum atomic E-state index is 13.4. The Balaban J connectivity index is 1.28. The van der Waals surface area contributed by atoms with E-state index in [1.165, 1.54) is 12.1 Å². The molecule has 5 rings (SSSR count). The average molecular weight is 486 g/mol. The van der Waals surface area contributed by atoms with Crippen LogP contribution in [0.5, 0.6) is 5.75 Å². The number of halogens is 1. The van der Waals surface area contributed by atoms with Gasteiger partial charge in [-0.15, -0.1) is 0 Å². The summed E-state index contributed by atoms with van der Waals surface area (Å²) in [6.07, 6.45) is 4.37. The number of rotatable bonds is 8. The summed E-state index contributed by atoms with van der Waals surface area (Å²) in [5, 5.41) is 6.46. The topological polar surface area (TPSA) is 47.4 Å². The van der Waals surface area contributed by atoms with E-state index in [0.717, 1.165) is 67.7 Å². The number of likely N-dealkylation sites (tertiary alicyclic amines) is 1. The van der Waals surface area contributed by atoms with Gasteiger partial charge in [0.2, 0.25) is 0 Å². The van der Waals surface area contributed by atoms with Crippen LogP contribution in [0.4, 0.5) is 4.39 Å². The third kappa shape index (κ3) is 5.82. The maximum absolute atomic E-state index is 13.4. The molecular weight excluding hydrogens is 453 g/mol. The summed E-state index contributed by atoms with van der Waals surface area (Å²) in [5.74, 6) is 0.655. The molecule has 3 aromatic carbocycles. The van der Waals surface area contributed by atoms with Crippen LogP contribution >= 0.6 is 0 Å². The molecule has 2 heterocycles. The second kappa shape index (κ2) is 11.5. The molecule has 1 fully saturated rings. The number of fused-ring (bicyclic) bond motifs is 1. The number of hydrogen-bond donors (Lipinski definition) is 0. The van der Waals surface area contributed by atoms with Crippen LogP contribution in [0.25, 0.3) is 10.8 Å². The molecule has 5 nitrogen and oxygen atoms in total. The Morgan fingerprint density at radius 3 is 2.44 bits per heavy atom. The van der Waals surface area contributed by atoms with Crippen LogP contribution in [0, 0.1) is 5.82 Å². The van der Waals surface area contributed by atoms with E-state index in [1.54, 1.807) is 16.8 Å². The first-order valence-corrected chi connectivity index (χ1v) is 12.8. The van der Waals surface area contributed by atoms with Crippen LogP contribution in [0.3, 0.4) is 0 Å². The van der Waals surface area contributed by atoms with Crippen molar-refractivity contribution < 1.29 is 9.13 Å². The van der Waals surface area contributed by atoms with E-state index in [1.807, 2.05) is 54.6 Å². The molecular formula is C30H32FN3O2. The molecule has 1 aliphatic rings. The Morgan fingerprint density at radius 2 is 1.64 bits per heavy atom. The fourth-order valence-corrected chi connectivity index (χ4v) is 5.05. The number of benzene rings is 3. The molecule has 0 saturated carbocycles. The fraction of sp³-hybridized carbons (Fsp3) is 0.333. The summed E-state index contributed by atoms with van der Waals surface area (Å²) in [6, 6.07) is 24.2. The zero-order chi connectivity index (χ0) is 24.7. The molecule has 0 radical (unpaired) electrons. The van der Waals surface area contributed by atoms with Gasteiger partial charge >= 0.3 is 0 Å². The Hall–Kier alpha value is -3.51. The van der Waals surface area contributed by atoms with Gasteiger partial charge in [-0.3, -0.25) is 4.79 Å². The van der Waals surface area contributed by atoms with Gasteiger partial charge < -0.3 is 9.64 Å². The molecule has 1 aliphatic heterocycles. The minimum absolute atomic E-state index is 0.0248. The first-order chi connectivity index (χ1) is 17.7. The van der Waals surface area contributed by atoms with Crippen molar-refractivity contribution in [2.75, 3.05) is 26.2 Å². The van der Waals surface area contributed by atoms with E-state index in [2.05, 4.69) is 4.90 Å². The van der Waals surface area contributed by atoms with Crippen molar-refractivity contribution in [3.8, 4) is 5.75 Å². The standard InChI is InChI=1S/C30H32FN3O2/c31-24-15-13-23(14-16-24)22-29-27-11-4-5-12-28(27)30(35)34(32-29)25-8-6-18-33(20-17-25)19-7-21-36-26-9-2-1-3-10-26/h1-5,9-16,25H,6-8,17-22H2. The van der Waals surface area contributed by atoms with Crippen molar-refractivity contribution in [2.45, 2.75) is 38.1 Å². The zero-order valence-electron chi connectivity index (χ0n) is 20.5. The number of aromatic nitrogens is 2. The molecule has 1 atom stereocenters. The number of para-hydroxylation sites is 1. The van der Waals surface area contributed by atoms with Crippen LogP contribution in [0.2, 0.25) is 0 Å². The number of hydrogen-bond acceptors (Lipinski definition) is 4. The summed E-state index contributed by atoms with van der Waals surface area (Å²) >= 11 is 0. The van der Waals surface area contributed by atoms with E-state index < -0.39 is 0 Å². The van der Waals surface area contributed by atoms with E-state index >= 15 is 0 Å². The number of ether oxygens (including phenoxy) is 1. The molecule has 0 aliphatic carbocycles. The normalized spacial score (nSPS) is 16.6. The molecule has 0 N–H and O–H groups in total. The highest BCUT2D eigenvalue weighted by Crippen LogP contribution is 2.24. The molecule has 1 aromatic heterocycles. The lowest BCUT2D eigenvalue weighted by molar-refractivity contribution is 0.237. The monoisotopic (exact) mass is 485 g/mol. The van der Waals surface area contributed by atoms with Gasteiger partial charge in [0.25, 0.3) is 5.56 Å². The minimum atomic E-state index is -0.254. The Bertz CT molecular complexity index is 1340. The van der Waals surface area contributed by atoms with Crippen molar-refractivity contribution in [2.24, 2.45) is 0 Å². The molecule has 0 spiro atoms. The van der Waals surface area contributed by atoms with Gasteiger partial charge in [0, 0.05) is 24.9 Å². The van der Waals surface area contributed by atoms with Gasteiger partial charge in [-0.2, -0.15) is 5.10 Å². The summed E-state index contributed by atoms with van der Waals surface area (Å²) in [7, 11) is 0. The van der Waals surface area contributed by atoms with E-state index in [9.17, 15) is 9.18 Å². The second-order valence-corrected chi connectivity index (χ2v) is 9.49. The largest absolute Gasteiger partial charge is 0.494 e. The Morgan fingerprint density at radius 1 is 0.889 bits per heavy atom. The minimum Gasteiger partial charge on any atom is -0.494 e. The van der Waals surface area contributed by atoms with E-state index in [-0.39, 0.29) is 17.4 Å². The second-order valence-electron chi connectivity index (χ2n) is 9.49. The SMILES string of the molecule is O=c1c2ccccc2c(Cc2ccc(F)cc2)nn1C1CCCN(CCCOc2ccccc2)CC1. The van der Waals surface area contributed by atoms with Crippen molar-refractivity contribution in [3.05, 3.63) is 106 Å². The third-order valence-electron chi connectivity index (χ3n) is 6.96. The Kier molecular flexibility index (Phi) is 7.72. The van der Waals surface area contributed by atoms with Gasteiger partial charge in [0.05, 0.1) is 23.7 Å². The lowest BCUT2D eigenvalue weighted by Gasteiger charge is -2.21. The molecule has 0 amide bonds.